The van der Waals surface area contributed by atoms with Crippen LogP contribution in [0.25, 0.3) is 0 Å². The van der Waals surface area contributed by atoms with E-state index in [4.69, 9.17) is 9.47 Å². The highest BCUT2D eigenvalue weighted by Crippen LogP contribution is 2.27. The van der Waals surface area contributed by atoms with Gasteiger partial charge in [-0.2, -0.15) is 0 Å². The SMILES string of the molecule is Cc1cccc(COC2=CC(O)=CC(C)CC2)c1OCC(C)(O)O. The standard InChI is InChI=1S/C19H26O5/c1-13-7-8-17(10-16(20)9-13)23-11-15-6-4-5-14(2)18(15)24-12-19(3,21)22/h4-6,9-10,13,20-22H,7-8,11-12H2,1-3H3. The van der Waals surface area contributed by atoms with Crippen molar-refractivity contribution in [3.05, 3.63) is 53.0 Å². The molecule has 0 spiro atoms. The third kappa shape index (κ3) is 5.58. The van der Waals surface area contributed by atoms with Gasteiger partial charge in [0.15, 0.2) is 5.79 Å². The number of rotatable bonds is 6. The minimum atomic E-state index is -1.89. The number of ether oxygens (including phenoxy) is 2. The molecule has 1 aromatic carbocycles. The number of hydrogen-bond acceptors (Lipinski definition) is 5. The minimum Gasteiger partial charge on any atom is -0.508 e. The van der Waals surface area contributed by atoms with Crippen molar-refractivity contribution in [1.82, 2.24) is 0 Å². The van der Waals surface area contributed by atoms with Crippen molar-refractivity contribution in [3.8, 4) is 5.75 Å². The van der Waals surface area contributed by atoms with E-state index in [9.17, 15) is 15.3 Å². The highest BCUT2D eigenvalue weighted by Gasteiger charge is 2.18. The molecule has 3 N–H and O–H groups in total. The Bertz CT molecular complexity index is 625. The minimum absolute atomic E-state index is 0.228. The topological polar surface area (TPSA) is 79.2 Å². The lowest BCUT2D eigenvalue weighted by atomic mass is 10.1. The molecule has 5 heteroatoms. The van der Waals surface area contributed by atoms with E-state index in [1.807, 2.05) is 31.2 Å². The van der Waals surface area contributed by atoms with Crippen molar-refractivity contribution in [2.45, 2.75) is 46.0 Å². The van der Waals surface area contributed by atoms with Crippen LogP contribution in [0, 0.1) is 12.8 Å². The number of aliphatic hydroxyl groups excluding tert-OH is 1. The van der Waals surface area contributed by atoms with Crippen LogP contribution in [-0.4, -0.2) is 27.7 Å². The summed E-state index contributed by atoms with van der Waals surface area (Å²) < 4.78 is 11.4. The number of benzene rings is 1. The van der Waals surface area contributed by atoms with E-state index in [2.05, 4.69) is 6.92 Å². The summed E-state index contributed by atoms with van der Waals surface area (Å²) in [6.07, 6.45) is 5.15. The van der Waals surface area contributed by atoms with Crippen LogP contribution < -0.4 is 4.74 Å². The van der Waals surface area contributed by atoms with Gasteiger partial charge in [0, 0.05) is 18.1 Å². The van der Waals surface area contributed by atoms with Gasteiger partial charge in [-0.1, -0.05) is 25.1 Å². The van der Waals surface area contributed by atoms with Gasteiger partial charge in [0.05, 0.1) is 0 Å². The Morgan fingerprint density at radius 2 is 2.00 bits per heavy atom. The summed E-state index contributed by atoms with van der Waals surface area (Å²) in [5.41, 5.74) is 1.72. The van der Waals surface area contributed by atoms with Gasteiger partial charge in [0.1, 0.15) is 30.5 Å². The molecular weight excluding hydrogens is 308 g/mol. The van der Waals surface area contributed by atoms with Gasteiger partial charge in [0.2, 0.25) is 0 Å². The Balaban J connectivity index is 2.07. The van der Waals surface area contributed by atoms with Crippen LogP contribution in [0.5, 0.6) is 5.75 Å². The fourth-order valence-electron chi connectivity index (χ4n) is 2.56. The summed E-state index contributed by atoms with van der Waals surface area (Å²) in [4.78, 5) is 0. The van der Waals surface area contributed by atoms with E-state index in [-0.39, 0.29) is 19.0 Å². The Morgan fingerprint density at radius 3 is 2.71 bits per heavy atom. The van der Waals surface area contributed by atoms with Crippen molar-refractivity contribution in [1.29, 1.82) is 0 Å². The molecule has 1 aromatic rings. The van der Waals surface area contributed by atoms with Crippen LogP contribution in [0.3, 0.4) is 0 Å². The van der Waals surface area contributed by atoms with Gasteiger partial charge in [-0.05, 0) is 37.8 Å². The molecule has 24 heavy (non-hydrogen) atoms. The van der Waals surface area contributed by atoms with Gasteiger partial charge in [-0.25, -0.2) is 0 Å². The molecule has 0 heterocycles. The number of allylic oxidation sites excluding steroid dienone is 3. The summed E-state index contributed by atoms with van der Waals surface area (Å²) in [5, 5.41) is 28.7. The number of aliphatic hydroxyl groups is 3. The molecular formula is C19H26O5. The van der Waals surface area contributed by atoms with Crippen LogP contribution >= 0.6 is 0 Å². The zero-order valence-electron chi connectivity index (χ0n) is 14.5. The van der Waals surface area contributed by atoms with Crippen molar-refractivity contribution < 1.29 is 24.8 Å². The smallest absolute Gasteiger partial charge is 0.194 e. The van der Waals surface area contributed by atoms with Crippen molar-refractivity contribution >= 4 is 0 Å². The Kier molecular flexibility index (Phi) is 5.91. The Morgan fingerprint density at radius 1 is 1.25 bits per heavy atom. The number of para-hydroxylation sites is 1. The molecule has 1 atom stereocenters. The quantitative estimate of drug-likeness (QED) is 0.695. The Hall–Kier alpha value is -1.98. The monoisotopic (exact) mass is 334 g/mol. The first-order valence-corrected chi connectivity index (χ1v) is 8.15. The zero-order valence-corrected chi connectivity index (χ0v) is 14.5. The van der Waals surface area contributed by atoms with Crippen molar-refractivity contribution in [2.75, 3.05) is 6.61 Å². The highest BCUT2D eigenvalue weighted by atomic mass is 16.6. The van der Waals surface area contributed by atoms with Crippen LogP contribution in [-0.2, 0) is 11.3 Å². The molecule has 0 fully saturated rings. The molecule has 1 aliphatic carbocycles. The van der Waals surface area contributed by atoms with Gasteiger partial charge >= 0.3 is 0 Å². The van der Waals surface area contributed by atoms with Crippen molar-refractivity contribution in [3.63, 3.8) is 0 Å². The predicted molar refractivity (Wildman–Crippen MR) is 91.5 cm³/mol. The van der Waals surface area contributed by atoms with E-state index >= 15 is 0 Å². The second-order valence-electron chi connectivity index (χ2n) is 6.58. The summed E-state index contributed by atoms with van der Waals surface area (Å²) in [6, 6.07) is 5.68. The molecule has 0 aliphatic heterocycles. The van der Waals surface area contributed by atoms with Gasteiger partial charge in [0.25, 0.3) is 0 Å². The maximum absolute atomic E-state index is 9.82. The highest BCUT2D eigenvalue weighted by molar-refractivity contribution is 5.40. The average Bonchev–Trinajstić information content (AvgIpc) is 2.63. The van der Waals surface area contributed by atoms with Gasteiger partial charge in [-0.3, -0.25) is 0 Å². The molecule has 0 bridgehead atoms. The fraction of sp³-hybridized carbons (Fsp3) is 0.474. The van der Waals surface area contributed by atoms with E-state index < -0.39 is 5.79 Å². The molecule has 132 valence electrons. The van der Waals surface area contributed by atoms with Crippen molar-refractivity contribution in [2.24, 2.45) is 5.92 Å². The van der Waals surface area contributed by atoms with Crippen LogP contribution in [0.2, 0.25) is 0 Å². The third-order valence-electron chi connectivity index (χ3n) is 3.81. The van der Waals surface area contributed by atoms with E-state index in [0.717, 1.165) is 29.7 Å². The second kappa shape index (κ2) is 7.73. The lowest BCUT2D eigenvalue weighted by Crippen LogP contribution is -2.31. The fourth-order valence-corrected chi connectivity index (χ4v) is 2.56. The predicted octanol–water partition coefficient (Wildman–Crippen LogP) is 3.35. The second-order valence-corrected chi connectivity index (χ2v) is 6.58. The molecule has 0 saturated heterocycles. The molecule has 5 nitrogen and oxygen atoms in total. The van der Waals surface area contributed by atoms with Crippen LogP contribution in [0.4, 0.5) is 0 Å². The Labute approximate surface area is 142 Å². The lowest BCUT2D eigenvalue weighted by Gasteiger charge is -2.20. The third-order valence-corrected chi connectivity index (χ3v) is 3.81. The summed E-state index contributed by atoms with van der Waals surface area (Å²) in [7, 11) is 0. The number of hydrogen-bond donors (Lipinski definition) is 3. The van der Waals surface area contributed by atoms with Crippen LogP contribution in [0.1, 0.15) is 37.8 Å². The largest absolute Gasteiger partial charge is 0.508 e. The molecule has 0 radical (unpaired) electrons. The first-order chi connectivity index (χ1) is 11.2. The first-order valence-electron chi connectivity index (χ1n) is 8.15. The normalized spacial score (nSPS) is 18.5. The summed E-state index contributed by atoms with van der Waals surface area (Å²) >= 11 is 0. The zero-order chi connectivity index (χ0) is 17.7. The molecule has 0 saturated carbocycles. The first kappa shape index (κ1) is 18.4. The maximum Gasteiger partial charge on any atom is 0.194 e. The summed E-state index contributed by atoms with van der Waals surface area (Å²) in [6.45, 7) is 5.28. The van der Waals surface area contributed by atoms with E-state index in [1.54, 1.807) is 6.08 Å². The lowest BCUT2D eigenvalue weighted by molar-refractivity contribution is -0.165. The number of aryl methyl sites for hydroxylation is 1. The summed E-state index contributed by atoms with van der Waals surface area (Å²) in [5.74, 6) is -0.0281. The molecule has 1 unspecified atom stereocenters. The van der Waals surface area contributed by atoms with Gasteiger partial charge in [-0.15, -0.1) is 0 Å². The maximum atomic E-state index is 9.82. The molecule has 0 aromatic heterocycles. The van der Waals surface area contributed by atoms with Crippen LogP contribution in [0.15, 0.2) is 41.9 Å². The molecule has 1 aliphatic rings. The molecule has 0 amide bonds. The van der Waals surface area contributed by atoms with E-state index in [0.29, 0.717) is 11.7 Å². The van der Waals surface area contributed by atoms with Gasteiger partial charge < -0.3 is 24.8 Å². The van der Waals surface area contributed by atoms with E-state index in [1.165, 1.54) is 6.92 Å². The molecule has 2 rings (SSSR count). The average molecular weight is 334 g/mol.